The predicted octanol–water partition coefficient (Wildman–Crippen LogP) is 1.00. The van der Waals surface area contributed by atoms with E-state index in [0.29, 0.717) is 32.2 Å². The number of imide groups is 1. The molecular formula is C14H18FN3O3. The fraction of sp³-hybridized carbons (Fsp3) is 0.500. The van der Waals surface area contributed by atoms with Gasteiger partial charge in [-0.2, -0.15) is 0 Å². The maximum Gasteiger partial charge on any atom is 0.324 e. The van der Waals surface area contributed by atoms with Crippen molar-refractivity contribution in [1.29, 1.82) is 0 Å². The number of allylic oxidation sites excluding steroid dienone is 2. The maximum absolute atomic E-state index is 13.1. The molecular weight excluding hydrogens is 277 g/mol. The van der Waals surface area contributed by atoms with Crippen LogP contribution in [-0.4, -0.2) is 41.9 Å². The van der Waals surface area contributed by atoms with Crippen molar-refractivity contribution in [3.8, 4) is 0 Å². The third-order valence-electron chi connectivity index (χ3n) is 3.54. The summed E-state index contributed by atoms with van der Waals surface area (Å²) in [6, 6.07) is -1.69. The first-order valence-corrected chi connectivity index (χ1v) is 6.97. The molecule has 0 spiro atoms. The average Bonchev–Trinajstić information content (AvgIpc) is 2.62. The number of rotatable bonds is 3. The van der Waals surface area contributed by atoms with Crippen LogP contribution < -0.4 is 10.6 Å². The van der Waals surface area contributed by atoms with Gasteiger partial charge in [0, 0.05) is 6.54 Å². The summed E-state index contributed by atoms with van der Waals surface area (Å²) in [5.41, 5.74) is 0. The number of likely N-dealkylation sites (tertiary alicyclic amines) is 1. The maximum atomic E-state index is 13.1. The molecule has 2 aliphatic rings. The number of nitrogens with one attached hydrogen (secondary N) is 2. The lowest BCUT2D eigenvalue weighted by Gasteiger charge is -2.25. The molecule has 114 valence electrons. The number of halogens is 1. The van der Waals surface area contributed by atoms with Gasteiger partial charge in [-0.1, -0.05) is 6.08 Å². The minimum atomic E-state index is -0.672. The number of amides is 4. The van der Waals surface area contributed by atoms with Crippen LogP contribution in [0.4, 0.5) is 9.18 Å². The Morgan fingerprint density at radius 3 is 2.95 bits per heavy atom. The van der Waals surface area contributed by atoms with Crippen LogP contribution in [0.3, 0.4) is 0 Å². The minimum absolute atomic E-state index is 0.302. The molecule has 2 atom stereocenters. The highest BCUT2D eigenvalue weighted by molar-refractivity contribution is 5.98. The van der Waals surface area contributed by atoms with Crippen LogP contribution in [0, 0.1) is 0 Å². The van der Waals surface area contributed by atoms with Crippen molar-refractivity contribution in [3.05, 3.63) is 24.1 Å². The van der Waals surface area contributed by atoms with E-state index >= 15 is 0 Å². The summed E-state index contributed by atoms with van der Waals surface area (Å²) >= 11 is 0. The molecule has 6 nitrogen and oxygen atoms in total. The fourth-order valence-electron chi connectivity index (χ4n) is 2.46. The quantitative estimate of drug-likeness (QED) is 0.763. The largest absolute Gasteiger partial charge is 0.347 e. The third-order valence-corrected chi connectivity index (χ3v) is 3.54. The first kappa shape index (κ1) is 15.2. The van der Waals surface area contributed by atoms with Crippen LogP contribution in [0.25, 0.3) is 0 Å². The second kappa shape index (κ2) is 7.01. The first-order valence-electron chi connectivity index (χ1n) is 6.97. The Balaban J connectivity index is 2.01. The van der Waals surface area contributed by atoms with Crippen LogP contribution in [-0.2, 0) is 9.59 Å². The van der Waals surface area contributed by atoms with E-state index in [1.807, 2.05) is 0 Å². The van der Waals surface area contributed by atoms with Crippen molar-refractivity contribution < 1.29 is 18.8 Å². The molecule has 1 aliphatic carbocycles. The molecule has 7 heteroatoms. The Morgan fingerprint density at radius 1 is 1.43 bits per heavy atom. The fourth-order valence-corrected chi connectivity index (χ4v) is 2.46. The molecule has 1 fully saturated rings. The lowest BCUT2D eigenvalue weighted by Crippen LogP contribution is -2.52. The second-order valence-corrected chi connectivity index (χ2v) is 5.07. The van der Waals surface area contributed by atoms with E-state index in [1.54, 1.807) is 6.08 Å². The summed E-state index contributed by atoms with van der Waals surface area (Å²) in [7, 11) is 0. The lowest BCUT2D eigenvalue weighted by molar-refractivity contribution is -0.131. The Bertz CT molecular complexity index is 490. The third kappa shape index (κ3) is 3.90. The summed E-state index contributed by atoms with van der Waals surface area (Å²) in [4.78, 5) is 36.0. The summed E-state index contributed by atoms with van der Waals surface area (Å²) < 4.78 is 13.1. The standard InChI is InChI=1S/C14H18FN3O3/c15-10-4-3-5-11(8-10)17-14(21)18-7-2-1-6-12(13(18)20)16-9-19/h3-4,8-9,11-12H,1-2,5-7H2,(H,16,19)(H,17,21)/t11?,12-/m0/s1. The lowest BCUT2D eigenvalue weighted by atomic mass is 10.1. The number of nitrogens with zero attached hydrogens (tertiary/aromatic N) is 1. The minimum Gasteiger partial charge on any atom is -0.347 e. The second-order valence-electron chi connectivity index (χ2n) is 5.07. The summed E-state index contributed by atoms with van der Waals surface area (Å²) in [5, 5.41) is 5.06. The van der Waals surface area contributed by atoms with Crippen LogP contribution in [0.15, 0.2) is 24.1 Å². The van der Waals surface area contributed by atoms with Crippen molar-refractivity contribution in [2.45, 2.75) is 37.8 Å². The van der Waals surface area contributed by atoms with Crippen molar-refractivity contribution in [2.24, 2.45) is 0 Å². The molecule has 4 amide bonds. The van der Waals surface area contributed by atoms with Gasteiger partial charge in [0.1, 0.15) is 11.9 Å². The van der Waals surface area contributed by atoms with E-state index in [-0.39, 0.29) is 0 Å². The Morgan fingerprint density at radius 2 is 2.24 bits per heavy atom. The molecule has 0 bridgehead atoms. The highest BCUT2D eigenvalue weighted by Crippen LogP contribution is 2.15. The van der Waals surface area contributed by atoms with Gasteiger partial charge in [0.15, 0.2) is 0 Å². The molecule has 2 rings (SSSR count). The van der Waals surface area contributed by atoms with E-state index in [4.69, 9.17) is 0 Å². The molecule has 21 heavy (non-hydrogen) atoms. The van der Waals surface area contributed by atoms with Gasteiger partial charge in [-0.05, 0) is 37.8 Å². The van der Waals surface area contributed by atoms with Gasteiger partial charge in [0.2, 0.25) is 6.41 Å². The number of carbonyl (C=O) groups is 3. The average molecular weight is 295 g/mol. The molecule has 0 saturated carbocycles. The topological polar surface area (TPSA) is 78.5 Å². The molecule has 1 heterocycles. The number of urea groups is 1. The molecule has 1 aliphatic heterocycles. The molecule has 1 saturated heterocycles. The van der Waals surface area contributed by atoms with Crippen LogP contribution in [0.2, 0.25) is 0 Å². The van der Waals surface area contributed by atoms with Gasteiger partial charge in [-0.15, -0.1) is 0 Å². The van der Waals surface area contributed by atoms with Gasteiger partial charge in [-0.3, -0.25) is 14.5 Å². The van der Waals surface area contributed by atoms with E-state index in [1.165, 1.54) is 12.2 Å². The number of hydrogen-bond donors (Lipinski definition) is 2. The monoisotopic (exact) mass is 295 g/mol. The molecule has 0 aromatic heterocycles. The van der Waals surface area contributed by atoms with Crippen LogP contribution in [0.5, 0.6) is 0 Å². The van der Waals surface area contributed by atoms with Crippen molar-refractivity contribution in [3.63, 3.8) is 0 Å². The SMILES string of the molecule is O=CN[C@H]1CCCCN(C(=O)NC2C=C(F)C=CC2)C1=O. The van der Waals surface area contributed by atoms with Crippen LogP contribution >= 0.6 is 0 Å². The van der Waals surface area contributed by atoms with Crippen LogP contribution in [0.1, 0.15) is 25.7 Å². The molecule has 0 radical (unpaired) electrons. The molecule has 1 unspecified atom stereocenters. The molecule has 2 N–H and O–H groups in total. The highest BCUT2D eigenvalue weighted by atomic mass is 19.1. The zero-order valence-corrected chi connectivity index (χ0v) is 11.5. The Labute approximate surface area is 122 Å². The highest BCUT2D eigenvalue weighted by Gasteiger charge is 2.31. The normalized spacial score (nSPS) is 25.9. The zero-order chi connectivity index (χ0) is 15.2. The summed E-state index contributed by atoms with van der Waals surface area (Å²) in [6.45, 7) is 0.302. The van der Waals surface area contributed by atoms with E-state index in [9.17, 15) is 18.8 Å². The zero-order valence-electron chi connectivity index (χ0n) is 11.5. The van der Waals surface area contributed by atoms with E-state index in [2.05, 4.69) is 10.6 Å². The van der Waals surface area contributed by atoms with Crippen molar-refractivity contribution in [2.75, 3.05) is 6.54 Å². The van der Waals surface area contributed by atoms with Gasteiger partial charge in [-0.25, -0.2) is 9.18 Å². The summed E-state index contributed by atoms with van der Waals surface area (Å²) in [6.07, 6.45) is 7.17. The number of hydrogen-bond acceptors (Lipinski definition) is 3. The molecule has 0 aromatic rings. The Kier molecular flexibility index (Phi) is 5.08. The molecule has 0 aromatic carbocycles. The van der Waals surface area contributed by atoms with Gasteiger partial charge >= 0.3 is 6.03 Å². The van der Waals surface area contributed by atoms with E-state index < -0.39 is 29.8 Å². The van der Waals surface area contributed by atoms with Gasteiger partial charge in [0.05, 0.1) is 6.04 Å². The van der Waals surface area contributed by atoms with Crippen molar-refractivity contribution in [1.82, 2.24) is 15.5 Å². The van der Waals surface area contributed by atoms with Gasteiger partial charge < -0.3 is 10.6 Å². The van der Waals surface area contributed by atoms with Crippen molar-refractivity contribution >= 4 is 18.3 Å². The summed E-state index contributed by atoms with van der Waals surface area (Å²) in [5.74, 6) is -0.831. The Hall–Kier alpha value is -2.18. The van der Waals surface area contributed by atoms with Gasteiger partial charge in [0.25, 0.3) is 5.91 Å². The first-order chi connectivity index (χ1) is 10.1. The predicted molar refractivity (Wildman–Crippen MR) is 73.8 cm³/mol. The smallest absolute Gasteiger partial charge is 0.324 e. The van der Waals surface area contributed by atoms with E-state index in [0.717, 1.165) is 11.3 Å². The number of carbonyl (C=O) groups excluding carboxylic acids is 3.